The van der Waals surface area contributed by atoms with Crippen LogP contribution in [0.2, 0.25) is 0 Å². The van der Waals surface area contributed by atoms with Gasteiger partial charge in [0.15, 0.2) is 5.13 Å². The lowest BCUT2D eigenvalue weighted by Gasteiger charge is -2.20. The third-order valence-electron chi connectivity index (χ3n) is 4.77. The van der Waals surface area contributed by atoms with E-state index in [4.69, 9.17) is 4.74 Å². The molecule has 0 unspecified atom stereocenters. The SMILES string of the molecule is CCOC(=O)Cc1csc(NC(=O)c2cccc(NC(=O)C3CCCCC3)c2)n1. The molecular weight excluding hydrogens is 390 g/mol. The molecule has 0 bridgehead atoms. The Morgan fingerprint density at radius 2 is 1.97 bits per heavy atom. The molecule has 1 saturated carbocycles. The zero-order valence-corrected chi connectivity index (χ0v) is 17.2. The molecule has 1 aliphatic rings. The number of anilines is 2. The van der Waals surface area contributed by atoms with Crippen LogP contribution in [0.5, 0.6) is 0 Å². The highest BCUT2D eigenvalue weighted by Crippen LogP contribution is 2.25. The van der Waals surface area contributed by atoms with Gasteiger partial charge in [0.05, 0.1) is 18.7 Å². The van der Waals surface area contributed by atoms with Crippen LogP contribution in [0, 0.1) is 5.92 Å². The van der Waals surface area contributed by atoms with E-state index in [-0.39, 0.29) is 30.1 Å². The molecule has 154 valence electrons. The second-order valence-corrected chi connectivity index (χ2v) is 7.84. The molecule has 1 fully saturated rings. The number of ether oxygens (including phenoxy) is 1. The van der Waals surface area contributed by atoms with Gasteiger partial charge in [-0.2, -0.15) is 0 Å². The first kappa shape index (κ1) is 21.0. The van der Waals surface area contributed by atoms with E-state index in [9.17, 15) is 14.4 Å². The number of carbonyl (C=O) groups excluding carboxylic acids is 3. The van der Waals surface area contributed by atoms with Crippen molar-refractivity contribution < 1.29 is 19.1 Å². The van der Waals surface area contributed by atoms with Crippen LogP contribution in [-0.4, -0.2) is 29.4 Å². The highest BCUT2D eigenvalue weighted by molar-refractivity contribution is 7.14. The van der Waals surface area contributed by atoms with Crippen molar-refractivity contribution in [3.05, 3.63) is 40.9 Å². The van der Waals surface area contributed by atoms with Crippen LogP contribution in [0.15, 0.2) is 29.6 Å². The summed E-state index contributed by atoms with van der Waals surface area (Å²) in [6.45, 7) is 2.07. The lowest BCUT2D eigenvalue weighted by atomic mass is 9.88. The van der Waals surface area contributed by atoms with Gasteiger partial charge in [-0.3, -0.25) is 19.7 Å². The van der Waals surface area contributed by atoms with E-state index in [1.807, 2.05) is 0 Å². The quantitative estimate of drug-likeness (QED) is 0.666. The summed E-state index contributed by atoms with van der Waals surface area (Å²) in [5.41, 5.74) is 1.58. The number of esters is 1. The predicted octanol–water partition coefficient (Wildman–Crippen LogP) is 4.02. The predicted molar refractivity (Wildman–Crippen MR) is 112 cm³/mol. The van der Waals surface area contributed by atoms with Gasteiger partial charge >= 0.3 is 5.97 Å². The summed E-state index contributed by atoms with van der Waals surface area (Å²) < 4.78 is 4.90. The Morgan fingerprint density at radius 3 is 2.72 bits per heavy atom. The first-order valence-corrected chi connectivity index (χ1v) is 10.8. The van der Waals surface area contributed by atoms with Crippen molar-refractivity contribution in [1.29, 1.82) is 0 Å². The minimum Gasteiger partial charge on any atom is -0.466 e. The van der Waals surface area contributed by atoms with Gasteiger partial charge in [-0.1, -0.05) is 25.3 Å². The lowest BCUT2D eigenvalue weighted by molar-refractivity contribution is -0.142. The van der Waals surface area contributed by atoms with Crippen LogP contribution in [0.3, 0.4) is 0 Å². The second kappa shape index (κ2) is 10.2. The van der Waals surface area contributed by atoms with Crippen LogP contribution in [0.1, 0.15) is 55.1 Å². The first-order valence-electron chi connectivity index (χ1n) is 9.87. The van der Waals surface area contributed by atoms with Gasteiger partial charge in [0.25, 0.3) is 5.91 Å². The van der Waals surface area contributed by atoms with E-state index < -0.39 is 0 Å². The highest BCUT2D eigenvalue weighted by atomic mass is 32.1. The van der Waals surface area contributed by atoms with Crippen molar-refractivity contribution in [2.75, 3.05) is 17.2 Å². The van der Waals surface area contributed by atoms with Crippen LogP contribution in [0.4, 0.5) is 10.8 Å². The molecule has 1 aliphatic carbocycles. The summed E-state index contributed by atoms with van der Waals surface area (Å²) in [6, 6.07) is 6.85. The fourth-order valence-electron chi connectivity index (χ4n) is 3.32. The molecule has 3 rings (SSSR count). The lowest BCUT2D eigenvalue weighted by Crippen LogP contribution is -2.24. The van der Waals surface area contributed by atoms with Crippen molar-refractivity contribution in [3.63, 3.8) is 0 Å². The number of thiazole rings is 1. The van der Waals surface area contributed by atoms with Crippen LogP contribution in [-0.2, 0) is 20.7 Å². The Bertz CT molecular complexity index is 874. The monoisotopic (exact) mass is 415 g/mol. The third-order valence-corrected chi connectivity index (χ3v) is 5.58. The molecule has 0 saturated heterocycles. The van der Waals surface area contributed by atoms with E-state index >= 15 is 0 Å². The van der Waals surface area contributed by atoms with Gasteiger partial charge in [-0.05, 0) is 38.0 Å². The molecular formula is C21H25N3O4S. The smallest absolute Gasteiger partial charge is 0.311 e. The van der Waals surface area contributed by atoms with Crippen molar-refractivity contribution in [1.82, 2.24) is 4.98 Å². The van der Waals surface area contributed by atoms with Gasteiger partial charge in [0, 0.05) is 22.5 Å². The Hall–Kier alpha value is -2.74. The first-order chi connectivity index (χ1) is 14.0. The fourth-order valence-corrected chi connectivity index (χ4v) is 4.03. The van der Waals surface area contributed by atoms with E-state index in [1.54, 1.807) is 36.6 Å². The zero-order valence-electron chi connectivity index (χ0n) is 16.4. The molecule has 1 heterocycles. The van der Waals surface area contributed by atoms with E-state index in [0.717, 1.165) is 25.7 Å². The maximum absolute atomic E-state index is 12.5. The van der Waals surface area contributed by atoms with Gasteiger partial charge in [-0.25, -0.2) is 4.98 Å². The van der Waals surface area contributed by atoms with Gasteiger partial charge < -0.3 is 10.1 Å². The number of hydrogen-bond acceptors (Lipinski definition) is 6. The van der Waals surface area contributed by atoms with Crippen molar-refractivity contribution in [2.45, 2.75) is 45.4 Å². The summed E-state index contributed by atoms with van der Waals surface area (Å²) in [4.78, 5) is 40.7. The van der Waals surface area contributed by atoms with E-state index in [0.29, 0.717) is 28.7 Å². The summed E-state index contributed by atoms with van der Waals surface area (Å²) in [7, 11) is 0. The molecule has 8 heteroatoms. The minimum atomic E-state index is -0.350. The van der Waals surface area contributed by atoms with E-state index in [2.05, 4.69) is 15.6 Å². The molecule has 1 aromatic heterocycles. The molecule has 29 heavy (non-hydrogen) atoms. The van der Waals surface area contributed by atoms with Gasteiger partial charge in [0.1, 0.15) is 0 Å². The summed E-state index contributed by atoms with van der Waals surface area (Å²) in [5.74, 6) is -0.604. The molecule has 2 aromatic rings. The van der Waals surface area contributed by atoms with E-state index in [1.165, 1.54) is 17.8 Å². The molecule has 1 aromatic carbocycles. The van der Waals surface area contributed by atoms with Gasteiger partial charge in [-0.15, -0.1) is 11.3 Å². The van der Waals surface area contributed by atoms with Gasteiger partial charge in [0.2, 0.25) is 5.91 Å². The number of amides is 2. The Morgan fingerprint density at radius 1 is 1.17 bits per heavy atom. The van der Waals surface area contributed by atoms with Crippen molar-refractivity contribution >= 4 is 39.9 Å². The summed E-state index contributed by atoms with van der Waals surface area (Å²) in [5, 5.41) is 7.78. The number of aromatic nitrogens is 1. The number of hydrogen-bond donors (Lipinski definition) is 2. The number of rotatable bonds is 7. The van der Waals surface area contributed by atoms with Crippen molar-refractivity contribution in [2.24, 2.45) is 5.92 Å². The average molecular weight is 416 g/mol. The fraction of sp³-hybridized carbons (Fsp3) is 0.429. The Labute approximate surface area is 173 Å². The third kappa shape index (κ3) is 6.12. The minimum absolute atomic E-state index is 0.0192. The molecule has 2 amide bonds. The van der Waals surface area contributed by atoms with Crippen LogP contribution in [0.25, 0.3) is 0 Å². The van der Waals surface area contributed by atoms with Crippen LogP contribution >= 0.6 is 11.3 Å². The summed E-state index contributed by atoms with van der Waals surface area (Å²) in [6.07, 6.45) is 5.29. The topological polar surface area (TPSA) is 97.4 Å². The zero-order chi connectivity index (χ0) is 20.6. The molecule has 2 N–H and O–H groups in total. The largest absolute Gasteiger partial charge is 0.466 e. The number of carbonyl (C=O) groups is 3. The number of nitrogens with zero attached hydrogens (tertiary/aromatic N) is 1. The molecule has 0 spiro atoms. The number of nitrogens with one attached hydrogen (secondary N) is 2. The van der Waals surface area contributed by atoms with Crippen LogP contribution < -0.4 is 10.6 Å². The Balaban J connectivity index is 1.58. The molecule has 0 aliphatic heterocycles. The van der Waals surface area contributed by atoms with Crippen molar-refractivity contribution in [3.8, 4) is 0 Å². The molecule has 7 nitrogen and oxygen atoms in total. The number of benzene rings is 1. The highest BCUT2D eigenvalue weighted by Gasteiger charge is 2.21. The maximum Gasteiger partial charge on any atom is 0.311 e. The second-order valence-electron chi connectivity index (χ2n) is 6.98. The Kier molecular flexibility index (Phi) is 7.35. The summed E-state index contributed by atoms with van der Waals surface area (Å²) >= 11 is 1.25. The normalized spacial score (nSPS) is 14.2. The molecule has 0 atom stereocenters. The standard InChI is InChI=1S/C21H25N3O4S/c1-2-28-18(25)12-17-13-29-21(23-17)24-20(27)15-9-6-10-16(11-15)22-19(26)14-7-4-3-5-8-14/h6,9-11,13-14H,2-5,7-8,12H2,1H3,(H,22,26)(H,23,24,27). The molecule has 0 radical (unpaired) electrons. The average Bonchev–Trinajstić information content (AvgIpc) is 3.15. The maximum atomic E-state index is 12.5.